The molecule has 0 spiro atoms. The summed E-state index contributed by atoms with van der Waals surface area (Å²) in [6.07, 6.45) is 8.28. The summed E-state index contributed by atoms with van der Waals surface area (Å²) >= 11 is 0. The van der Waals surface area contributed by atoms with Crippen LogP contribution in [0.15, 0.2) is 77.8 Å². The third-order valence-electron chi connectivity index (χ3n) is 11.3. The van der Waals surface area contributed by atoms with Gasteiger partial charge in [-0.1, -0.05) is 84.9 Å². The van der Waals surface area contributed by atoms with Crippen molar-refractivity contribution < 1.29 is 28.3 Å². The SMILES string of the molecule is C=CCOC(=O)N(CC1(c2noc(C3(COC)CCN(CC4(C(=O)OCc5ccccc5)CCC4)CC3)n2)CC1)[C@@H]1C[C@H]1c1ccccc1. The number of hydrogen-bond acceptors (Lipinski definition) is 9. The number of ether oxygens (including phenoxy) is 3. The molecule has 0 radical (unpaired) electrons. The van der Waals surface area contributed by atoms with E-state index in [-0.39, 0.29) is 36.0 Å². The number of aromatic nitrogens is 2. The number of piperidine rings is 1. The zero-order valence-corrected chi connectivity index (χ0v) is 28.6. The minimum Gasteiger partial charge on any atom is -0.460 e. The zero-order valence-electron chi connectivity index (χ0n) is 28.6. The Bertz CT molecular complexity index is 1590. The molecule has 49 heavy (non-hydrogen) atoms. The summed E-state index contributed by atoms with van der Waals surface area (Å²) in [6, 6.07) is 20.3. The van der Waals surface area contributed by atoms with E-state index in [4.69, 9.17) is 23.7 Å². The summed E-state index contributed by atoms with van der Waals surface area (Å²) in [7, 11) is 1.71. The number of methoxy groups -OCH3 is 1. The minimum absolute atomic E-state index is 0.0716. The van der Waals surface area contributed by atoms with Crippen molar-refractivity contribution in [3.63, 3.8) is 0 Å². The molecule has 260 valence electrons. The highest BCUT2D eigenvalue weighted by atomic mass is 16.6. The molecule has 0 unspecified atom stereocenters. The van der Waals surface area contributed by atoms with Crippen LogP contribution in [0.4, 0.5) is 4.79 Å². The minimum atomic E-state index is -0.439. The van der Waals surface area contributed by atoms with E-state index in [1.165, 1.54) is 5.56 Å². The van der Waals surface area contributed by atoms with Crippen LogP contribution in [-0.4, -0.2) is 84.5 Å². The number of nitrogens with zero attached hydrogens (tertiary/aromatic N) is 4. The quantitative estimate of drug-likeness (QED) is 0.139. The van der Waals surface area contributed by atoms with Crippen LogP contribution >= 0.6 is 0 Å². The molecule has 4 fully saturated rings. The standard InChI is InChI=1S/C39H48N4O6/c1-3-23-47-36(45)43(32-24-31(32)30-13-8-5-9-14-30)27-37(17-18-37)33-40-34(49-41-33)39(28-46-2)19-21-42(22-20-39)26-38(15-10-16-38)35(44)48-25-29-11-6-4-7-12-29/h3-9,11-14,31-32H,1,10,15-28H2,2H3/t31-,32+/m0/s1. The Balaban J connectivity index is 1.01. The van der Waals surface area contributed by atoms with Crippen molar-refractivity contribution >= 4 is 12.1 Å². The second-order valence-corrected chi connectivity index (χ2v) is 14.7. The lowest BCUT2D eigenvalue weighted by Crippen LogP contribution is -2.53. The highest BCUT2D eigenvalue weighted by Crippen LogP contribution is 2.52. The Labute approximate surface area is 288 Å². The molecule has 0 N–H and O–H groups in total. The largest absolute Gasteiger partial charge is 0.460 e. The Kier molecular flexibility index (Phi) is 9.61. The van der Waals surface area contributed by atoms with Gasteiger partial charge in [0.25, 0.3) is 0 Å². The Hall–Kier alpha value is -4.02. The van der Waals surface area contributed by atoms with Gasteiger partial charge in [0.05, 0.1) is 22.9 Å². The number of amides is 1. The van der Waals surface area contributed by atoms with Crippen molar-refractivity contribution in [2.24, 2.45) is 5.41 Å². The monoisotopic (exact) mass is 668 g/mol. The van der Waals surface area contributed by atoms with Crippen LogP contribution in [0.1, 0.15) is 80.1 Å². The van der Waals surface area contributed by atoms with E-state index in [1.807, 2.05) is 53.4 Å². The van der Waals surface area contributed by atoms with Crippen molar-refractivity contribution in [2.45, 2.75) is 80.8 Å². The third kappa shape index (κ3) is 7.03. The average Bonchev–Trinajstić information content (AvgIpc) is 4.04. The van der Waals surface area contributed by atoms with E-state index in [2.05, 4.69) is 28.8 Å². The molecular formula is C39H48N4O6. The predicted octanol–water partition coefficient (Wildman–Crippen LogP) is 6.18. The molecule has 10 nitrogen and oxygen atoms in total. The number of likely N-dealkylation sites (tertiary alicyclic amines) is 1. The van der Waals surface area contributed by atoms with E-state index in [0.717, 1.165) is 70.0 Å². The Morgan fingerprint density at radius 2 is 1.69 bits per heavy atom. The molecule has 2 aromatic carbocycles. The average molecular weight is 669 g/mol. The van der Waals surface area contributed by atoms with Crippen LogP contribution in [0.3, 0.4) is 0 Å². The number of benzene rings is 2. The summed E-state index contributed by atoms with van der Waals surface area (Å²) in [4.78, 5) is 36.0. The van der Waals surface area contributed by atoms with E-state index >= 15 is 0 Å². The van der Waals surface area contributed by atoms with Gasteiger partial charge in [-0.15, -0.1) is 0 Å². The maximum absolute atomic E-state index is 13.3. The van der Waals surface area contributed by atoms with Crippen molar-refractivity contribution in [2.75, 3.05) is 46.5 Å². The van der Waals surface area contributed by atoms with Crippen molar-refractivity contribution in [1.29, 1.82) is 0 Å². The first-order valence-corrected chi connectivity index (χ1v) is 17.8. The number of carbonyl (C=O) groups excluding carboxylic acids is 2. The van der Waals surface area contributed by atoms with Gasteiger partial charge < -0.3 is 28.5 Å². The third-order valence-corrected chi connectivity index (χ3v) is 11.3. The van der Waals surface area contributed by atoms with Gasteiger partial charge in [-0.3, -0.25) is 4.79 Å². The van der Waals surface area contributed by atoms with Gasteiger partial charge in [-0.25, -0.2) is 4.79 Å². The normalized spacial score (nSPS) is 23.1. The molecule has 10 heteroatoms. The lowest BCUT2D eigenvalue weighted by atomic mass is 9.67. The van der Waals surface area contributed by atoms with Crippen LogP contribution in [0.5, 0.6) is 0 Å². The molecule has 3 saturated carbocycles. The van der Waals surface area contributed by atoms with Crippen LogP contribution in [0.25, 0.3) is 0 Å². The molecule has 3 aromatic rings. The van der Waals surface area contributed by atoms with Crippen LogP contribution in [0.2, 0.25) is 0 Å². The first-order valence-electron chi connectivity index (χ1n) is 17.8. The molecule has 2 heterocycles. The molecule has 1 aliphatic heterocycles. The molecule has 1 saturated heterocycles. The second kappa shape index (κ2) is 14.1. The van der Waals surface area contributed by atoms with Gasteiger partial charge in [0.1, 0.15) is 13.2 Å². The smallest absolute Gasteiger partial charge is 0.410 e. The fourth-order valence-electron chi connectivity index (χ4n) is 7.87. The molecule has 4 aliphatic rings. The summed E-state index contributed by atoms with van der Waals surface area (Å²) < 4.78 is 23.2. The van der Waals surface area contributed by atoms with Gasteiger partial charge in [-0.05, 0) is 69.2 Å². The topological polar surface area (TPSA) is 107 Å². The Morgan fingerprint density at radius 1 is 0.980 bits per heavy atom. The summed E-state index contributed by atoms with van der Waals surface area (Å²) in [5, 5.41) is 4.54. The maximum atomic E-state index is 13.3. The molecule has 7 rings (SSSR count). The van der Waals surface area contributed by atoms with Crippen molar-refractivity contribution in [3.05, 3.63) is 96.2 Å². The summed E-state index contributed by atoms with van der Waals surface area (Å²) in [5.41, 5.74) is 1.03. The lowest BCUT2D eigenvalue weighted by Gasteiger charge is -2.46. The summed E-state index contributed by atoms with van der Waals surface area (Å²) in [6.45, 7) is 7.44. The first-order chi connectivity index (χ1) is 23.9. The van der Waals surface area contributed by atoms with Gasteiger partial charge in [0.2, 0.25) is 5.89 Å². The first kappa shape index (κ1) is 33.5. The van der Waals surface area contributed by atoms with Crippen LogP contribution < -0.4 is 0 Å². The second-order valence-electron chi connectivity index (χ2n) is 14.7. The van der Waals surface area contributed by atoms with Crippen molar-refractivity contribution in [3.8, 4) is 0 Å². The highest BCUT2D eigenvalue weighted by molar-refractivity contribution is 5.78. The van der Waals surface area contributed by atoms with Gasteiger partial charge in [-0.2, -0.15) is 4.98 Å². The zero-order chi connectivity index (χ0) is 33.9. The Morgan fingerprint density at radius 3 is 2.33 bits per heavy atom. The number of rotatable bonds is 15. The lowest BCUT2D eigenvalue weighted by molar-refractivity contribution is -0.165. The predicted molar refractivity (Wildman–Crippen MR) is 183 cm³/mol. The van der Waals surface area contributed by atoms with Crippen LogP contribution in [-0.2, 0) is 36.4 Å². The number of hydrogen-bond donors (Lipinski definition) is 0. The highest BCUT2D eigenvalue weighted by Gasteiger charge is 2.56. The summed E-state index contributed by atoms with van der Waals surface area (Å²) in [5.74, 6) is 1.46. The van der Waals surface area contributed by atoms with E-state index in [0.29, 0.717) is 38.0 Å². The molecule has 3 aliphatic carbocycles. The molecule has 1 amide bonds. The van der Waals surface area contributed by atoms with E-state index in [1.54, 1.807) is 13.2 Å². The molecule has 0 bridgehead atoms. The van der Waals surface area contributed by atoms with Crippen LogP contribution in [0, 0.1) is 5.41 Å². The van der Waals surface area contributed by atoms with E-state index < -0.39 is 10.8 Å². The van der Waals surface area contributed by atoms with Crippen molar-refractivity contribution in [1.82, 2.24) is 19.9 Å². The number of carbonyl (C=O) groups is 2. The fraction of sp³-hybridized carbons (Fsp3) is 0.538. The molecule has 2 atom stereocenters. The molecule has 1 aromatic heterocycles. The van der Waals surface area contributed by atoms with E-state index in [9.17, 15) is 9.59 Å². The molecular weight excluding hydrogens is 620 g/mol. The fourth-order valence-corrected chi connectivity index (χ4v) is 7.87. The van der Waals surface area contributed by atoms with Gasteiger partial charge in [0, 0.05) is 32.2 Å². The maximum Gasteiger partial charge on any atom is 0.410 e. The van der Waals surface area contributed by atoms with Gasteiger partial charge in [0.15, 0.2) is 5.82 Å². The number of esters is 1. The van der Waals surface area contributed by atoms with Gasteiger partial charge >= 0.3 is 12.1 Å².